The maximum atomic E-state index is 13.1. The van der Waals surface area contributed by atoms with Crippen LogP contribution >= 0.6 is 11.7 Å². The number of fused-ring (bicyclic) bond motifs is 1. The van der Waals surface area contributed by atoms with Crippen LogP contribution in [0.15, 0.2) is 41.3 Å². The lowest BCUT2D eigenvalue weighted by atomic mass is 10.1. The number of nitrogens with zero attached hydrogens (tertiary/aromatic N) is 5. The monoisotopic (exact) mass is 447 g/mol. The summed E-state index contributed by atoms with van der Waals surface area (Å²) in [5.74, 6) is -0.360. The normalized spacial score (nSPS) is 15.4. The van der Waals surface area contributed by atoms with E-state index in [9.17, 15) is 23.3 Å². The summed E-state index contributed by atoms with van der Waals surface area (Å²) in [5.41, 5.74) is 1.43. The molecule has 1 amide bonds. The minimum absolute atomic E-state index is 0.0997. The lowest BCUT2D eigenvalue weighted by Crippen LogP contribution is -2.50. The van der Waals surface area contributed by atoms with E-state index in [-0.39, 0.29) is 48.2 Å². The van der Waals surface area contributed by atoms with Crippen LogP contribution in [0, 0.1) is 17.0 Å². The molecule has 1 fully saturated rings. The number of piperazine rings is 1. The van der Waals surface area contributed by atoms with Crippen LogP contribution in [0.2, 0.25) is 0 Å². The minimum Gasteiger partial charge on any atom is -0.336 e. The third-order valence-electron chi connectivity index (χ3n) is 5.05. The first-order chi connectivity index (χ1) is 14.3. The Morgan fingerprint density at radius 3 is 2.57 bits per heavy atom. The number of hydrogen-bond acceptors (Lipinski definition) is 8. The number of sulfonamides is 1. The molecule has 0 saturated carbocycles. The zero-order valence-electron chi connectivity index (χ0n) is 15.9. The fourth-order valence-electron chi connectivity index (χ4n) is 3.38. The first kappa shape index (κ1) is 20.3. The summed E-state index contributed by atoms with van der Waals surface area (Å²) in [5, 5.41) is 11.1. The van der Waals surface area contributed by atoms with Gasteiger partial charge >= 0.3 is 0 Å². The number of aryl methyl sites for hydroxylation is 1. The Morgan fingerprint density at radius 1 is 1.13 bits per heavy atom. The van der Waals surface area contributed by atoms with Gasteiger partial charge in [-0.1, -0.05) is 12.1 Å². The van der Waals surface area contributed by atoms with Gasteiger partial charge in [0.2, 0.25) is 10.0 Å². The third kappa shape index (κ3) is 3.53. The maximum absolute atomic E-state index is 13.1. The molecule has 0 aliphatic carbocycles. The quantitative estimate of drug-likeness (QED) is 0.442. The van der Waals surface area contributed by atoms with Crippen molar-refractivity contribution in [1.29, 1.82) is 0 Å². The molecule has 3 aromatic rings. The van der Waals surface area contributed by atoms with Gasteiger partial charge in [-0.3, -0.25) is 14.9 Å². The van der Waals surface area contributed by atoms with Crippen LogP contribution in [0.25, 0.3) is 11.0 Å². The van der Waals surface area contributed by atoms with Gasteiger partial charge in [0.05, 0.1) is 16.7 Å². The smallest absolute Gasteiger partial charge is 0.273 e. The van der Waals surface area contributed by atoms with E-state index in [4.69, 9.17) is 0 Å². The van der Waals surface area contributed by atoms with E-state index in [0.717, 1.165) is 11.7 Å². The highest BCUT2D eigenvalue weighted by Gasteiger charge is 2.32. The standard InChI is InChI=1S/C18H17N5O5S2/c1-12-5-6-13(11-15(12)23(25)26)18(24)21-7-9-22(10-8-21)30(27,28)16-4-2-3-14-17(16)20-29-19-14/h2-6,11H,7-10H2,1H3. The highest BCUT2D eigenvalue weighted by molar-refractivity contribution is 7.89. The molecule has 1 aromatic heterocycles. The maximum Gasteiger partial charge on any atom is 0.273 e. The van der Waals surface area contributed by atoms with E-state index in [2.05, 4.69) is 8.75 Å². The molecule has 1 aliphatic heterocycles. The zero-order valence-corrected chi connectivity index (χ0v) is 17.5. The van der Waals surface area contributed by atoms with Crippen molar-refractivity contribution < 1.29 is 18.1 Å². The molecule has 156 valence electrons. The van der Waals surface area contributed by atoms with E-state index < -0.39 is 14.9 Å². The molecule has 0 N–H and O–H groups in total. The summed E-state index contributed by atoms with van der Waals surface area (Å²) in [4.78, 5) is 25.0. The van der Waals surface area contributed by atoms with Crippen LogP contribution in [0.3, 0.4) is 0 Å². The summed E-state index contributed by atoms with van der Waals surface area (Å²) in [6, 6.07) is 9.17. The van der Waals surface area contributed by atoms with Crippen molar-refractivity contribution in [1.82, 2.24) is 18.0 Å². The van der Waals surface area contributed by atoms with Crippen LogP contribution < -0.4 is 0 Å². The van der Waals surface area contributed by atoms with Crippen LogP contribution in [-0.2, 0) is 10.0 Å². The Kier molecular flexibility index (Phi) is 5.22. The van der Waals surface area contributed by atoms with Gasteiger partial charge in [0.25, 0.3) is 11.6 Å². The Morgan fingerprint density at radius 2 is 1.87 bits per heavy atom. The van der Waals surface area contributed by atoms with Crippen LogP contribution in [0.5, 0.6) is 0 Å². The molecule has 0 unspecified atom stereocenters. The highest BCUT2D eigenvalue weighted by atomic mass is 32.2. The second-order valence-electron chi connectivity index (χ2n) is 6.84. The Balaban J connectivity index is 1.51. The Hall–Kier alpha value is -2.96. The summed E-state index contributed by atoms with van der Waals surface area (Å²) in [6.07, 6.45) is 0. The molecule has 0 radical (unpaired) electrons. The van der Waals surface area contributed by atoms with Crippen LogP contribution in [0.1, 0.15) is 15.9 Å². The molecule has 2 aromatic carbocycles. The summed E-state index contributed by atoms with van der Waals surface area (Å²) in [6.45, 7) is 2.22. The van der Waals surface area contributed by atoms with Crippen molar-refractivity contribution in [2.24, 2.45) is 0 Å². The average Bonchev–Trinajstić information content (AvgIpc) is 3.22. The second-order valence-corrected chi connectivity index (χ2v) is 9.28. The molecule has 0 bridgehead atoms. The third-order valence-corrected chi connectivity index (χ3v) is 7.52. The fourth-order valence-corrected chi connectivity index (χ4v) is 5.56. The summed E-state index contributed by atoms with van der Waals surface area (Å²) < 4.78 is 35.7. The van der Waals surface area contributed by atoms with Gasteiger partial charge < -0.3 is 4.90 Å². The van der Waals surface area contributed by atoms with Crippen LogP contribution in [0.4, 0.5) is 5.69 Å². The number of nitro benzene ring substituents is 1. The average molecular weight is 447 g/mol. The number of carbonyl (C=O) groups excluding carboxylic acids is 1. The van der Waals surface area contributed by atoms with Crippen molar-refractivity contribution in [3.63, 3.8) is 0 Å². The Bertz CT molecular complexity index is 1250. The molecular formula is C18H17N5O5S2. The molecule has 1 saturated heterocycles. The lowest BCUT2D eigenvalue weighted by molar-refractivity contribution is -0.385. The largest absolute Gasteiger partial charge is 0.336 e. The second kappa shape index (κ2) is 7.70. The fraction of sp³-hybridized carbons (Fsp3) is 0.278. The van der Waals surface area contributed by atoms with E-state index >= 15 is 0 Å². The van der Waals surface area contributed by atoms with Gasteiger partial charge in [-0.15, -0.1) is 0 Å². The zero-order chi connectivity index (χ0) is 21.5. The van der Waals surface area contributed by atoms with Crippen molar-refractivity contribution in [2.45, 2.75) is 11.8 Å². The number of carbonyl (C=O) groups is 1. The van der Waals surface area contributed by atoms with Gasteiger partial charge in [0.1, 0.15) is 15.9 Å². The predicted octanol–water partition coefficient (Wildman–Crippen LogP) is 2.05. The molecule has 12 heteroatoms. The topological polar surface area (TPSA) is 127 Å². The van der Waals surface area contributed by atoms with Gasteiger partial charge in [-0.25, -0.2) is 8.42 Å². The first-order valence-electron chi connectivity index (χ1n) is 9.05. The van der Waals surface area contributed by atoms with Crippen molar-refractivity contribution in [3.05, 3.63) is 57.6 Å². The van der Waals surface area contributed by atoms with Gasteiger partial charge in [-0.05, 0) is 25.1 Å². The Labute approximate surface area is 176 Å². The molecule has 10 nitrogen and oxygen atoms in total. The number of benzene rings is 2. The van der Waals surface area contributed by atoms with Crippen LogP contribution in [-0.4, -0.2) is 63.4 Å². The molecule has 1 aliphatic rings. The van der Waals surface area contributed by atoms with Gasteiger partial charge in [-0.2, -0.15) is 13.1 Å². The summed E-state index contributed by atoms with van der Waals surface area (Å²) >= 11 is 0.952. The molecule has 4 rings (SSSR count). The number of aromatic nitrogens is 2. The minimum atomic E-state index is -3.79. The van der Waals surface area contributed by atoms with Gasteiger partial charge in [0, 0.05) is 43.4 Å². The van der Waals surface area contributed by atoms with E-state index in [1.165, 1.54) is 27.4 Å². The van der Waals surface area contributed by atoms with Crippen molar-refractivity contribution >= 4 is 44.4 Å². The molecule has 0 spiro atoms. The van der Waals surface area contributed by atoms with E-state index in [0.29, 0.717) is 16.6 Å². The molecule has 0 atom stereocenters. The summed E-state index contributed by atoms with van der Waals surface area (Å²) in [7, 11) is -3.79. The molecular weight excluding hydrogens is 430 g/mol. The number of hydrogen-bond donors (Lipinski definition) is 0. The SMILES string of the molecule is Cc1ccc(C(=O)N2CCN(S(=O)(=O)c3cccc4nsnc34)CC2)cc1[N+](=O)[O-]. The number of rotatable bonds is 4. The predicted molar refractivity (Wildman–Crippen MR) is 110 cm³/mol. The van der Waals surface area contributed by atoms with E-state index in [1.54, 1.807) is 25.1 Å². The van der Waals surface area contributed by atoms with E-state index in [1.807, 2.05) is 0 Å². The first-order valence-corrected chi connectivity index (χ1v) is 11.2. The number of nitro groups is 1. The highest BCUT2D eigenvalue weighted by Crippen LogP contribution is 2.26. The lowest BCUT2D eigenvalue weighted by Gasteiger charge is -2.34. The molecule has 30 heavy (non-hydrogen) atoms. The van der Waals surface area contributed by atoms with Gasteiger partial charge in [0.15, 0.2) is 0 Å². The van der Waals surface area contributed by atoms with Crippen molar-refractivity contribution in [3.8, 4) is 0 Å². The molecule has 2 heterocycles. The van der Waals surface area contributed by atoms with Crippen molar-refractivity contribution in [2.75, 3.05) is 26.2 Å². The number of amides is 1.